The molecule has 0 spiro atoms. The highest BCUT2D eigenvalue weighted by Crippen LogP contribution is 2.17. The average molecular weight is 217 g/mol. The van der Waals surface area contributed by atoms with Crippen molar-refractivity contribution in [3.63, 3.8) is 0 Å². The van der Waals surface area contributed by atoms with Gasteiger partial charge in [0.15, 0.2) is 6.61 Å². The number of aryl methyl sites for hydroxylation is 1. The Bertz CT molecular complexity index is 537. The molecule has 4 nitrogen and oxygen atoms in total. The van der Waals surface area contributed by atoms with Crippen molar-refractivity contribution in [1.29, 1.82) is 0 Å². The lowest BCUT2D eigenvalue weighted by molar-refractivity contribution is -0.139. The van der Waals surface area contributed by atoms with E-state index in [4.69, 9.17) is 9.84 Å². The monoisotopic (exact) mass is 217 g/mol. The molecule has 4 heteroatoms. The number of aromatic nitrogens is 1. The first-order valence-electron chi connectivity index (χ1n) is 4.87. The van der Waals surface area contributed by atoms with Crippen LogP contribution in [0.25, 0.3) is 10.9 Å². The van der Waals surface area contributed by atoms with Crippen LogP contribution in [0.5, 0.6) is 5.88 Å². The highest BCUT2D eigenvalue weighted by molar-refractivity contribution is 5.79. The molecule has 0 saturated carbocycles. The zero-order valence-electron chi connectivity index (χ0n) is 8.80. The SMILES string of the molecule is Cc1ccc2nc(OCC(=O)O)ccc2c1. The number of ether oxygens (including phenoxy) is 1. The first-order valence-corrected chi connectivity index (χ1v) is 4.87. The van der Waals surface area contributed by atoms with E-state index in [-0.39, 0.29) is 6.61 Å². The third-order valence-electron chi connectivity index (χ3n) is 2.16. The van der Waals surface area contributed by atoms with Gasteiger partial charge in [-0.25, -0.2) is 9.78 Å². The Labute approximate surface area is 92.5 Å². The second-order valence-electron chi connectivity index (χ2n) is 3.53. The number of nitrogens with zero attached hydrogens (tertiary/aromatic N) is 1. The number of carboxylic acid groups (broad SMARTS) is 1. The van der Waals surface area contributed by atoms with Gasteiger partial charge >= 0.3 is 5.97 Å². The summed E-state index contributed by atoms with van der Waals surface area (Å²) in [7, 11) is 0. The fourth-order valence-electron chi connectivity index (χ4n) is 1.44. The second kappa shape index (κ2) is 4.18. The molecule has 1 N–H and O–H groups in total. The summed E-state index contributed by atoms with van der Waals surface area (Å²) in [5.41, 5.74) is 1.96. The summed E-state index contributed by atoms with van der Waals surface area (Å²) < 4.78 is 5.00. The molecule has 0 radical (unpaired) electrons. The van der Waals surface area contributed by atoms with E-state index in [1.165, 1.54) is 0 Å². The predicted molar refractivity (Wildman–Crippen MR) is 59.6 cm³/mol. The van der Waals surface area contributed by atoms with Gasteiger partial charge in [0.2, 0.25) is 5.88 Å². The summed E-state index contributed by atoms with van der Waals surface area (Å²) in [5.74, 6) is -0.676. The first kappa shape index (κ1) is 10.4. The largest absolute Gasteiger partial charge is 0.479 e. The van der Waals surface area contributed by atoms with Crippen molar-refractivity contribution >= 4 is 16.9 Å². The Hall–Kier alpha value is -2.10. The van der Waals surface area contributed by atoms with Crippen molar-refractivity contribution in [1.82, 2.24) is 4.98 Å². The molecule has 0 amide bonds. The van der Waals surface area contributed by atoms with Crippen LogP contribution >= 0.6 is 0 Å². The van der Waals surface area contributed by atoms with Crippen LogP contribution in [-0.2, 0) is 4.79 Å². The van der Waals surface area contributed by atoms with Crippen LogP contribution in [0.2, 0.25) is 0 Å². The third kappa shape index (κ3) is 2.28. The van der Waals surface area contributed by atoms with Gasteiger partial charge in [0.05, 0.1) is 5.52 Å². The third-order valence-corrected chi connectivity index (χ3v) is 2.16. The van der Waals surface area contributed by atoms with Gasteiger partial charge in [-0.2, -0.15) is 0 Å². The normalized spacial score (nSPS) is 10.3. The van der Waals surface area contributed by atoms with Gasteiger partial charge in [-0.3, -0.25) is 0 Å². The summed E-state index contributed by atoms with van der Waals surface area (Å²) in [6.45, 7) is 1.64. The molecule has 2 rings (SSSR count). The lowest BCUT2D eigenvalue weighted by Crippen LogP contribution is -2.10. The van der Waals surface area contributed by atoms with Crippen LogP contribution in [-0.4, -0.2) is 22.7 Å². The standard InChI is InChI=1S/C12H11NO3/c1-8-2-4-10-9(6-8)3-5-11(13-10)16-7-12(14)15/h2-6H,7H2,1H3,(H,14,15). The van der Waals surface area contributed by atoms with Crippen molar-refractivity contribution in [2.45, 2.75) is 6.92 Å². The molecule has 0 atom stereocenters. The summed E-state index contributed by atoms with van der Waals surface area (Å²) in [6, 6.07) is 9.40. The lowest BCUT2D eigenvalue weighted by atomic mass is 10.1. The number of aliphatic carboxylic acids is 1. The maximum atomic E-state index is 10.3. The van der Waals surface area contributed by atoms with Crippen LogP contribution in [0, 0.1) is 6.92 Å². The minimum atomic E-state index is -1.01. The number of pyridine rings is 1. The number of rotatable bonds is 3. The van der Waals surface area contributed by atoms with E-state index in [1.807, 2.05) is 31.2 Å². The van der Waals surface area contributed by atoms with E-state index in [9.17, 15) is 4.79 Å². The molecule has 82 valence electrons. The Morgan fingerprint density at radius 1 is 1.38 bits per heavy atom. The smallest absolute Gasteiger partial charge is 0.341 e. The molecule has 1 heterocycles. The molecule has 0 unspecified atom stereocenters. The zero-order valence-corrected chi connectivity index (χ0v) is 8.80. The van der Waals surface area contributed by atoms with Gasteiger partial charge < -0.3 is 9.84 Å². The van der Waals surface area contributed by atoms with Crippen molar-refractivity contribution in [3.8, 4) is 5.88 Å². The van der Waals surface area contributed by atoms with Gasteiger partial charge in [0.25, 0.3) is 0 Å². The number of carbonyl (C=O) groups is 1. The Kier molecular flexibility index (Phi) is 2.72. The first-order chi connectivity index (χ1) is 7.65. The minimum Gasteiger partial charge on any atom is -0.479 e. The van der Waals surface area contributed by atoms with Crippen molar-refractivity contribution < 1.29 is 14.6 Å². The summed E-state index contributed by atoms with van der Waals surface area (Å²) in [5, 5.41) is 9.49. The van der Waals surface area contributed by atoms with E-state index < -0.39 is 5.97 Å². The molecule has 0 aliphatic rings. The highest BCUT2D eigenvalue weighted by Gasteiger charge is 2.02. The van der Waals surface area contributed by atoms with Crippen LogP contribution in [0.1, 0.15) is 5.56 Å². The van der Waals surface area contributed by atoms with E-state index in [0.29, 0.717) is 5.88 Å². The summed E-state index contributed by atoms with van der Waals surface area (Å²) in [6.07, 6.45) is 0. The molecule has 16 heavy (non-hydrogen) atoms. The topological polar surface area (TPSA) is 59.4 Å². The fourth-order valence-corrected chi connectivity index (χ4v) is 1.44. The van der Waals surface area contributed by atoms with E-state index in [0.717, 1.165) is 16.5 Å². The van der Waals surface area contributed by atoms with Crippen molar-refractivity contribution in [3.05, 3.63) is 35.9 Å². The number of hydrogen-bond acceptors (Lipinski definition) is 3. The average Bonchev–Trinajstić information content (AvgIpc) is 2.26. The highest BCUT2D eigenvalue weighted by atomic mass is 16.5. The second-order valence-corrected chi connectivity index (χ2v) is 3.53. The van der Waals surface area contributed by atoms with Gasteiger partial charge in [0.1, 0.15) is 0 Å². The van der Waals surface area contributed by atoms with Crippen LogP contribution in [0.4, 0.5) is 0 Å². The van der Waals surface area contributed by atoms with Crippen LogP contribution in [0.3, 0.4) is 0 Å². The van der Waals surface area contributed by atoms with Gasteiger partial charge in [-0.1, -0.05) is 11.6 Å². The van der Waals surface area contributed by atoms with Crippen molar-refractivity contribution in [2.75, 3.05) is 6.61 Å². The van der Waals surface area contributed by atoms with E-state index in [2.05, 4.69) is 4.98 Å². The number of hydrogen-bond donors (Lipinski definition) is 1. The van der Waals surface area contributed by atoms with Crippen LogP contribution < -0.4 is 4.74 Å². The molecule has 1 aromatic heterocycles. The van der Waals surface area contributed by atoms with Crippen LogP contribution in [0.15, 0.2) is 30.3 Å². The molecule has 0 aliphatic carbocycles. The molecule has 1 aromatic carbocycles. The quantitative estimate of drug-likeness (QED) is 0.854. The molecular formula is C12H11NO3. The molecule has 2 aromatic rings. The number of carboxylic acids is 1. The Morgan fingerprint density at radius 2 is 2.19 bits per heavy atom. The fraction of sp³-hybridized carbons (Fsp3) is 0.167. The van der Waals surface area contributed by atoms with Crippen molar-refractivity contribution in [2.24, 2.45) is 0 Å². The van der Waals surface area contributed by atoms with Gasteiger partial charge in [-0.15, -0.1) is 0 Å². The maximum Gasteiger partial charge on any atom is 0.341 e. The van der Waals surface area contributed by atoms with E-state index >= 15 is 0 Å². The maximum absolute atomic E-state index is 10.3. The van der Waals surface area contributed by atoms with Gasteiger partial charge in [0, 0.05) is 11.5 Å². The lowest BCUT2D eigenvalue weighted by Gasteiger charge is -2.04. The van der Waals surface area contributed by atoms with Gasteiger partial charge in [-0.05, 0) is 25.1 Å². The molecule has 0 bridgehead atoms. The molecule has 0 fully saturated rings. The zero-order chi connectivity index (χ0) is 11.5. The minimum absolute atomic E-state index is 0.332. The van der Waals surface area contributed by atoms with E-state index in [1.54, 1.807) is 6.07 Å². The number of fused-ring (bicyclic) bond motifs is 1. The summed E-state index contributed by atoms with van der Waals surface area (Å²) in [4.78, 5) is 14.5. The predicted octanol–water partition coefficient (Wildman–Crippen LogP) is 2.01. The summed E-state index contributed by atoms with van der Waals surface area (Å²) >= 11 is 0. The number of benzene rings is 1. The molecular weight excluding hydrogens is 206 g/mol. The Morgan fingerprint density at radius 3 is 2.94 bits per heavy atom. The molecule has 0 aliphatic heterocycles. The molecule has 0 saturated heterocycles. The Balaban J connectivity index is 2.30.